The van der Waals surface area contributed by atoms with Gasteiger partial charge in [-0.15, -0.1) is 0 Å². The summed E-state index contributed by atoms with van der Waals surface area (Å²) in [6.45, 7) is 10.2. The van der Waals surface area contributed by atoms with Crippen LogP contribution in [0.1, 0.15) is 31.1 Å². The van der Waals surface area contributed by atoms with Crippen molar-refractivity contribution in [1.82, 2.24) is 4.90 Å². The van der Waals surface area contributed by atoms with E-state index in [1.54, 1.807) is 0 Å². The number of nitro benzene ring substituents is 1. The lowest BCUT2D eigenvalue weighted by Gasteiger charge is -2.36. The number of carboxylic acid groups (broad SMARTS) is 1. The van der Waals surface area contributed by atoms with Crippen molar-refractivity contribution in [3.8, 4) is 5.75 Å². The lowest BCUT2D eigenvalue weighted by molar-refractivity contribution is -0.385. The fraction of sp³-hybridized carbons (Fsp3) is 0.562. The van der Waals surface area contributed by atoms with Crippen LogP contribution >= 0.6 is 0 Å². The van der Waals surface area contributed by atoms with E-state index < -0.39 is 16.6 Å². The van der Waals surface area contributed by atoms with E-state index in [2.05, 4.69) is 11.8 Å². The van der Waals surface area contributed by atoms with E-state index in [1.807, 2.05) is 18.7 Å². The number of hydrogen-bond donors (Lipinski definition) is 1. The maximum absolute atomic E-state index is 11.3. The predicted octanol–water partition coefficient (Wildman–Crippen LogP) is 2.47. The second kappa shape index (κ2) is 9.07. The number of ether oxygens (including phenoxy) is 1. The Balaban J connectivity index is 0.00000139. The number of carbonyl (C=O) groups is 1. The third-order valence-electron chi connectivity index (χ3n) is 3.88. The normalized spacial score (nSPS) is 14.6. The first-order chi connectivity index (χ1) is 11.5. The van der Waals surface area contributed by atoms with Crippen LogP contribution in [0.5, 0.6) is 5.75 Å². The molecule has 0 bridgehead atoms. The van der Waals surface area contributed by atoms with E-state index >= 15 is 0 Å². The predicted molar refractivity (Wildman–Crippen MR) is 92.3 cm³/mol. The number of benzene rings is 1. The first-order valence-electron chi connectivity index (χ1n) is 8.05. The van der Waals surface area contributed by atoms with Crippen LogP contribution < -0.4 is 9.64 Å². The molecule has 8 heteroatoms. The molecule has 0 aromatic heterocycles. The lowest BCUT2D eigenvalue weighted by atomic mass is 10.1. The summed E-state index contributed by atoms with van der Waals surface area (Å²) in [7, 11) is 1.42. The molecule has 0 amide bonds. The van der Waals surface area contributed by atoms with Gasteiger partial charge >= 0.3 is 5.97 Å². The summed E-state index contributed by atoms with van der Waals surface area (Å²) in [5.74, 6) is -0.996. The highest BCUT2D eigenvalue weighted by molar-refractivity contribution is 5.94. The van der Waals surface area contributed by atoms with Crippen LogP contribution in [-0.2, 0) is 0 Å². The molecule has 0 unspecified atom stereocenters. The van der Waals surface area contributed by atoms with Gasteiger partial charge in [0.2, 0.25) is 0 Å². The molecular weight excluding hydrogens is 314 g/mol. The van der Waals surface area contributed by atoms with E-state index in [0.29, 0.717) is 11.4 Å². The van der Waals surface area contributed by atoms with Crippen LogP contribution in [0.25, 0.3) is 0 Å². The Morgan fingerprint density at radius 2 is 1.88 bits per heavy atom. The van der Waals surface area contributed by atoms with Crippen LogP contribution in [0.3, 0.4) is 0 Å². The first-order valence-corrected chi connectivity index (χ1v) is 8.05. The van der Waals surface area contributed by atoms with Crippen molar-refractivity contribution < 1.29 is 19.6 Å². The lowest BCUT2D eigenvalue weighted by Crippen LogP contribution is -2.46. The van der Waals surface area contributed by atoms with Crippen molar-refractivity contribution in [2.45, 2.75) is 20.8 Å². The summed E-state index contributed by atoms with van der Waals surface area (Å²) in [6.07, 6.45) is 0. The van der Waals surface area contributed by atoms with E-state index in [1.165, 1.54) is 19.2 Å². The van der Waals surface area contributed by atoms with Crippen LogP contribution in [-0.4, -0.2) is 60.7 Å². The Hall–Kier alpha value is -2.35. The molecule has 24 heavy (non-hydrogen) atoms. The van der Waals surface area contributed by atoms with Crippen molar-refractivity contribution in [1.29, 1.82) is 0 Å². The zero-order chi connectivity index (χ0) is 18.3. The molecule has 134 valence electrons. The Bertz CT molecular complexity index is 583. The molecule has 1 heterocycles. The van der Waals surface area contributed by atoms with Crippen molar-refractivity contribution in [2.24, 2.45) is 0 Å². The topological polar surface area (TPSA) is 96.2 Å². The largest absolute Gasteiger partial charge is 0.494 e. The van der Waals surface area contributed by atoms with E-state index in [4.69, 9.17) is 4.74 Å². The first kappa shape index (κ1) is 19.7. The number of methoxy groups -OCH3 is 1. The van der Waals surface area contributed by atoms with Crippen LogP contribution in [0.4, 0.5) is 11.4 Å². The van der Waals surface area contributed by atoms with Gasteiger partial charge in [0.15, 0.2) is 0 Å². The molecule has 1 saturated heterocycles. The fourth-order valence-electron chi connectivity index (χ4n) is 2.60. The highest BCUT2D eigenvalue weighted by atomic mass is 16.6. The molecule has 0 saturated carbocycles. The number of nitro groups is 1. The molecule has 1 aromatic carbocycles. The molecule has 2 rings (SSSR count). The molecule has 0 spiro atoms. The highest BCUT2D eigenvalue weighted by Crippen LogP contribution is 2.35. The molecule has 1 fully saturated rings. The molecule has 1 aliphatic heterocycles. The van der Waals surface area contributed by atoms with E-state index in [9.17, 15) is 20.0 Å². The Morgan fingerprint density at radius 1 is 1.29 bits per heavy atom. The zero-order valence-electron chi connectivity index (χ0n) is 14.6. The Kier molecular flexibility index (Phi) is 7.44. The average Bonchev–Trinajstić information content (AvgIpc) is 2.62. The van der Waals surface area contributed by atoms with Crippen molar-refractivity contribution in [3.05, 3.63) is 27.8 Å². The highest BCUT2D eigenvalue weighted by Gasteiger charge is 2.27. The summed E-state index contributed by atoms with van der Waals surface area (Å²) in [5.41, 5.74) is -0.194. The van der Waals surface area contributed by atoms with Gasteiger partial charge < -0.3 is 19.6 Å². The number of likely N-dealkylation sites (N-methyl/N-ethyl adjacent to an activating group) is 1. The minimum Gasteiger partial charge on any atom is -0.494 e. The van der Waals surface area contributed by atoms with Crippen LogP contribution in [0, 0.1) is 10.1 Å². The van der Waals surface area contributed by atoms with Gasteiger partial charge in [0.1, 0.15) is 11.3 Å². The van der Waals surface area contributed by atoms with Gasteiger partial charge in [-0.2, -0.15) is 0 Å². The molecule has 1 aromatic rings. The van der Waals surface area contributed by atoms with Crippen molar-refractivity contribution >= 4 is 17.3 Å². The maximum Gasteiger partial charge on any atom is 0.342 e. The Labute approximate surface area is 141 Å². The minimum absolute atomic E-state index is 0.321. The van der Waals surface area contributed by atoms with Crippen LogP contribution in [0.15, 0.2) is 12.1 Å². The number of aromatic carboxylic acids is 1. The second-order valence-corrected chi connectivity index (χ2v) is 5.02. The van der Waals surface area contributed by atoms with Gasteiger partial charge in [-0.05, 0) is 12.6 Å². The molecular formula is C16H25N3O5. The van der Waals surface area contributed by atoms with Gasteiger partial charge in [0.25, 0.3) is 5.69 Å². The molecule has 8 nitrogen and oxygen atoms in total. The number of rotatable bonds is 5. The number of nitrogens with zero attached hydrogens (tertiary/aromatic N) is 3. The van der Waals surface area contributed by atoms with Crippen molar-refractivity contribution in [2.75, 3.05) is 44.7 Å². The monoisotopic (exact) mass is 339 g/mol. The summed E-state index contributed by atoms with van der Waals surface area (Å²) >= 11 is 0. The SMILES string of the molecule is CC.CCN1CCN(c2cc(C(=O)O)c([N+](=O)[O-])cc2OC)CC1. The fourth-order valence-corrected chi connectivity index (χ4v) is 2.60. The number of anilines is 1. The average molecular weight is 339 g/mol. The molecule has 0 radical (unpaired) electrons. The zero-order valence-corrected chi connectivity index (χ0v) is 14.6. The summed E-state index contributed by atoms with van der Waals surface area (Å²) in [4.78, 5) is 25.9. The minimum atomic E-state index is -1.32. The summed E-state index contributed by atoms with van der Waals surface area (Å²) in [5, 5.41) is 20.2. The molecule has 1 aliphatic rings. The number of piperazine rings is 1. The van der Waals surface area contributed by atoms with Gasteiger partial charge in [0, 0.05) is 26.2 Å². The van der Waals surface area contributed by atoms with E-state index in [-0.39, 0.29) is 5.56 Å². The van der Waals surface area contributed by atoms with Gasteiger partial charge in [0.05, 0.1) is 23.8 Å². The molecule has 0 atom stereocenters. The molecule has 0 aliphatic carbocycles. The van der Waals surface area contributed by atoms with Crippen molar-refractivity contribution in [3.63, 3.8) is 0 Å². The number of carboxylic acids is 1. The third-order valence-corrected chi connectivity index (χ3v) is 3.88. The van der Waals surface area contributed by atoms with E-state index in [0.717, 1.165) is 32.7 Å². The van der Waals surface area contributed by atoms with Crippen LogP contribution in [0.2, 0.25) is 0 Å². The number of hydrogen-bond acceptors (Lipinski definition) is 6. The maximum atomic E-state index is 11.3. The summed E-state index contributed by atoms with van der Waals surface area (Å²) in [6, 6.07) is 2.52. The van der Waals surface area contributed by atoms with Gasteiger partial charge in [-0.25, -0.2) is 4.79 Å². The summed E-state index contributed by atoms with van der Waals surface area (Å²) < 4.78 is 5.22. The second-order valence-electron chi connectivity index (χ2n) is 5.02. The van der Waals surface area contributed by atoms with Gasteiger partial charge in [-0.1, -0.05) is 20.8 Å². The smallest absolute Gasteiger partial charge is 0.342 e. The standard InChI is InChI=1S/C14H19N3O5.C2H6/c1-3-15-4-6-16(7-5-15)12-8-10(14(18)19)11(17(20)21)9-13(12)22-2;1-2/h8-9H,3-7H2,1-2H3,(H,18,19);1-2H3. The quantitative estimate of drug-likeness (QED) is 0.650. The molecule has 1 N–H and O–H groups in total. The third kappa shape index (κ3) is 4.35. The Morgan fingerprint density at radius 3 is 2.29 bits per heavy atom. The van der Waals surface area contributed by atoms with Gasteiger partial charge in [-0.3, -0.25) is 10.1 Å².